The maximum Gasteiger partial charge on any atom is 0.338 e. The third kappa shape index (κ3) is 4.12. The van der Waals surface area contributed by atoms with Crippen LogP contribution in [0.15, 0.2) is 52.4 Å². The van der Waals surface area contributed by atoms with Crippen LogP contribution in [-0.2, 0) is 16.9 Å². The van der Waals surface area contributed by atoms with Crippen LogP contribution in [0.25, 0.3) is 10.6 Å². The van der Waals surface area contributed by atoms with Crippen molar-refractivity contribution in [3.8, 4) is 10.6 Å². The highest BCUT2D eigenvalue weighted by Gasteiger charge is 2.12. The Labute approximate surface area is 158 Å². The van der Waals surface area contributed by atoms with Crippen molar-refractivity contribution in [1.82, 2.24) is 9.78 Å². The zero-order valence-electron chi connectivity index (χ0n) is 14.2. The van der Waals surface area contributed by atoms with E-state index >= 15 is 0 Å². The lowest BCUT2D eigenvalue weighted by Crippen LogP contribution is -2.11. The molecule has 2 aromatic carbocycles. The molecule has 140 valence electrons. The van der Waals surface area contributed by atoms with Crippen molar-refractivity contribution in [2.75, 3.05) is 6.26 Å². The van der Waals surface area contributed by atoms with Crippen molar-refractivity contribution in [3.63, 3.8) is 0 Å². The number of carboxylic acids is 1. The first-order chi connectivity index (χ1) is 12.6. The number of aromatic nitrogens is 2. The average molecular weight is 407 g/mol. The normalized spacial score (nSPS) is 12.3. The fraction of sp³-hybridized carbons (Fsp3) is 0.118. The summed E-state index contributed by atoms with van der Waals surface area (Å²) in [4.78, 5) is 16.0. The first-order valence-electron chi connectivity index (χ1n) is 7.57. The summed E-state index contributed by atoms with van der Waals surface area (Å²) >= 11 is 1.23. The smallest absolute Gasteiger partial charge is 0.338 e. The molecule has 0 fully saturated rings. The molecule has 27 heavy (non-hydrogen) atoms. The predicted molar refractivity (Wildman–Crippen MR) is 98.2 cm³/mol. The minimum atomic E-state index is -3.28. The number of hydrogen-bond donors (Lipinski definition) is 1. The molecule has 0 radical (unpaired) electrons. The van der Waals surface area contributed by atoms with E-state index in [1.54, 1.807) is 19.2 Å². The topological polar surface area (TPSA) is 102 Å². The largest absolute Gasteiger partial charge is 0.478 e. The van der Waals surface area contributed by atoms with Gasteiger partial charge in [0.1, 0.15) is 10.8 Å². The van der Waals surface area contributed by atoms with Crippen LogP contribution < -0.4 is 4.80 Å². The number of halogens is 1. The molecule has 0 aliphatic carbocycles. The fourth-order valence-corrected chi connectivity index (χ4v) is 3.81. The van der Waals surface area contributed by atoms with Crippen LogP contribution >= 0.6 is 11.3 Å². The third-order valence-corrected chi connectivity index (χ3v) is 5.82. The molecule has 0 bridgehead atoms. The molecular weight excluding hydrogens is 393 g/mol. The third-order valence-electron chi connectivity index (χ3n) is 3.64. The quantitative estimate of drug-likeness (QED) is 0.716. The molecule has 7 nitrogen and oxygen atoms in total. The Bertz CT molecular complexity index is 1200. The van der Waals surface area contributed by atoms with Crippen LogP contribution in [0.3, 0.4) is 0 Å². The molecule has 3 rings (SSSR count). The standard InChI is InChI=1S/C17H14FN3O4S2/c1-21-17(19-11-5-8-14(18)13(9-11)16(22)23)26-15(20-21)10-3-6-12(7-4-10)27(2,24)25/h3-9H,1-2H3,(H,22,23). The van der Waals surface area contributed by atoms with Gasteiger partial charge in [0.2, 0.25) is 4.80 Å². The zero-order chi connectivity index (χ0) is 19.8. The summed E-state index contributed by atoms with van der Waals surface area (Å²) in [5.41, 5.74) is 0.543. The van der Waals surface area contributed by atoms with E-state index in [-0.39, 0.29) is 10.6 Å². The fourth-order valence-electron chi connectivity index (χ4n) is 2.27. The van der Waals surface area contributed by atoms with E-state index in [1.165, 1.54) is 34.2 Å². The summed E-state index contributed by atoms with van der Waals surface area (Å²) in [5, 5.41) is 14.0. The van der Waals surface area contributed by atoms with Gasteiger partial charge in [0.15, 0.2) is 9.84 Å². The first kappa shape index (κ1) is 18.9. The number of carbonyl (C=O) groups is 1. The van der Waals surface area contributed by atoms with Gasteiger partial charge in [0, 0.05) is 18.9 Å². The molecule has 0 saturated heterocycles. The Kier molecular flexibility index (Phi) is 4.94. The molecule has 0 atom stereocenters. The monoisotopic (exact) mass is 407 g/mol. The number of sulfone groups is 1. The van der Waals surface area contributed by atoms with Crippen LogP contribution in [0.4, 0.5) is 10.1 Å². The Balaban J connectivity index is 2.01. The molecule has 0 aliphatic heterocycles. The summed E-state index contributed by atoms with van der Waals surface area (Å²) in [6.45, 7) is 0. The second kappa shape index (κ2) is 7.05. The zero-order valence-corrected chi connectivity index (χ0v) is 15.9. The molecule has 0 unspecified atom stereocenters. The number of aromatic carboxylic acids is 1. The first-order valence-corrected chi connectivity index (χ1v) is 10.3. The number of nitrogens with zero attached hydrogens (tertiary/aromatic N) is 3. The van der Waals surface area contributed by atoms with Crippen LogP contribution in [0.2, 0.25) is 0 Å². The molecule has 0 amide bonds. The maximum absolute atomic E-state index is 13.5. The highest BCUT2D eigenvalue weighted by Crippen LogP contribution is 2.22. The molecule has 1 heterocycles. The Morgan fingerprint density at radius 2 is 1.89 bits per heavy atom. The number of carboxylic acid groups (broad SMARTS) is 1. The minimum Gasteiger partial charge on any atom is -0.478 e. The summed E-state index contributed by atoms with van der Waals surface area (Å²) < 4.78 is 38.1. The number of benzene rings is 2. The van der Waals surface area contributed by atoms with Crippen LogP contribution in [0.5, 0.6) is 0 Å². The SMILES string of the molecule is Cn1nc(-c2ccc(S(C)(=O)=O)cc2)sc1=Nc1ccc(F)c(C(=O)O)c1. The lowest BCUT2D eigenvalue weighted by atomic mass is 10.2. The molecule has 0 spiro atoms. The average Bonchev–Trinajstić information content (AvgIpc) is 2.96. The molecule has 1 aromatic heterocycles. The van der Waals surface area contributed by atoms with Crippen molar-refractivity contribution in [3.05, 3.63) is 58.6 Å². The predicted octanol–water partition coefficient (Wildman–Crippen LogP) is 2.62. The summed E-state index contributed by atoms with van der Waals surface area (Å²) in [7, 11) is -1.61. The van der Waals surface area contributed by atoms with Crippen LogP contribution in [-0.4, -0.2) is 35.5 Å². The van der Waals surface area contributed by atoms with E-state index in [9.17, 15) is 17.6 Å². The second-order valence-electron chi connectivity index (χ2n) is 5.69. The van der Waals surface area contributed by atoms with Gasteiger partial charge in [-0.2, -0.15) is 5.10 Å². The summed E-state index contributed by atoms with van der Waals surface area (Å²) in [5.74, 6) is -2.20. The van der Waals surface area contributed by atoms with E-state index in [1.807, 2.05) is 0 Å². The summed E-state index contributed by atoms with van der Waals surface area (Å²) in [6, 6.07) is 9.89. The Morgan fingerprint density at radius 3 is 2.48 bits per heavy atom. The molecule has 1 N–H and O–H groups in total. The lowest BCUT2D eigenvalue weighted by molar-refractivity contribution is 0.0692. The van der Waals surface area contributed by atoms with Gasteiger partial charge in [0.25, 0.3) is 0 Å². The molecule has 3 aromatic rings. The van der Waals surface area contributed by atoms with Crippen molar-refractivity contribution < 1.29 is 22.7 Å². The number of aryl methyl sites for hydroxylation is 1. The van der Waals surface area contributed by atoms with E-state index in [2.05, 4.69) is 10.1 Å². The molecule has 10 heteroatoms. The van der Waals surface area contributed by atoms with Crippen molar-refractivity contribution in [2.45, 2.75) is 4.90 Å². The maximum atomic E-state index is 13.5. The van der Waals surface area contributed by atoms with Crippen molar-refractivity contribution in [2.24, 2.45) is 12.0 Å². The van der Waals surface area contributed by atoms with E-state index in [4.69, 9.17) is 5.11 Å². The second-order valence-corrected chi connectivity index (χ2v) is 8.66. The number of hydrogen-bond acceptors (Lipinski definition) is 6. The van der Waals surface area contributed by atoms with Gasteiger partial charge >= 0.3 is 5.97 Å². The van der Waals surface area contributed by atoms with Gasteiger partial charge in [-0.25, -0.2) is 27.3 Å². The summed E-state index contributed by atoms with van der Waals surface area (Å²) in [6.07, 6.45) is 1.14. The van der Waals surface area contributed by atoms with E-state index < -0.39 is 27.2 Å². The van der Waals surface area contributed by atoms with Crippen molar-refractivity contribution >= 4 is 32.8 Å². The van der Waals surface area contributed by atoms with Crippen LogP contribution in [0.1, 0.15) is 10.4 Å². The Hall–Kier alpha value is -2.85. The number of rotatable bonds is 4. The van der Waals surface area contributed by atoms with E-state index in [0.717, 1.165) is 24.0 Å². The Morgan fingerprint density at radius 1 is 1.22 bits per heavy atom. The molecule has 0 aliphatic rings. The van der Waals surface area contributed by atoms with Gasteiger partial charge < -0.3 is 5.11 Å². The van der Waals surface area contributed by atoms with Gasteiger partial charge in [-0.15, -0.1) is 0 Å². The van der Waals surface area contributed by atoms with Gasteiger partial charge in [-0.3, -0.25) is 0 Å². The van der Waals surface area contributed by atoms with Crippen LogP contribution in [0, 0.1) is 5.82 Å². The highest BCUT2D eigenvalue weighted by molar-refractivity contribution is 7.90. The molecular formula is C17H14FN3O4S2. The van der Waals surface area contributed by atoms with E-state index in [0.29, 0.717) is 9.81 Å². The van der Waals surface area contributed by atoms with Gasteiger partial charge in [-0.05, 0) is 30.3 Å². The lowest BCUT2D eigenvalue weighted by Gasteiger charge is -1.99. The van der Waals surface area contributed by atoms with Gasteiger partial charge in [0.05, 0.1) is 16.1 Å². The minimum absolute atomic E-state index is 0.213. The highest BCUT2D eigenvalue weighted by atomic mass is 32.2. The van der Waals surface area contributed by atoms with Gasteiger partial charge in [-0.1, -0.05) is 23.5 Å². The molecule has 0 saturated carbocycles. The van der Waals surface area contributed by atoms with Crippen molar-refractivity contribution in [1.29, 1.82) is 0 Å².